The van der Waals surface area contributed by atoms with Gasteiger partial charge >= 0.3 is 11.9 Å². The average Bonchev–Trinajstić information content (AvgIpc) is 2.83. The second kappa shape index (κ2) is 6.62. The zero-order chi connectivity index (χ0) is 19.3. The minimum absolute atomic E-state index is 0.151. The lowest BCUT2D eigenvalue weighted by molar-refractivity contribution is -0.155. The van der Waals surface area contributed by atoms with Gasteiger partial charge in [-0.1, -0.05) is 13.0 Å². The van der Waals surface area contributed by atoms with Crippen molar-refractivity contribution in [1.82, 2.24) is 0 Å². The first kappa shape index (κ1) is 18.5. The Labute approximate surface area is 160 Å². The van der Waals surface area contributed by atoms with Crippen LogP contribution in [0, 0.1) is 17.3 Å². The van der Waals surface area contributed by atoms with Crippen LogP contribution in [0.1, 0.15) is 63.5 Å². The molecule has 0 aromatic heterocycles. The molecular weight excluding hydrogens is 344 g/mol. The summed E-state index contributed by atoms with van der Waals surface area (Å²) in [4.78, 5) is 22.8. The number of rotatable bonds is 2. The lowest BCUT2D eigenvalue weighted by atomic mass is 9.55. The number of aryl methyl sites for hydroxylation is 1. The molecule has 2 saturated carbocycles. The van der Waals surface area contributed by atoms with E-state index in [1.807, 2.05) is 12.1 Å². The minimum Gasteiger partial charge on any atom is -0.462 e. The van der Waals surface area contributed by atoms with Crippen molar-refractivity contribution in [3.05, 3.63) is 29.3 Å². The van der Waals surface area contributed by atoms with Crippen LogP contribution in [-0.2, 0) is 20.7 Å². The SMILES string of the molecule is CC(=O)Oc1ccc2c(c1)CC[C@H]1[C@@H]3[C@H](O)C[C@H](OC(C)=O)[C@@]3(C)CC[C@H]21. The molecule has 5 heteroatoms. The predicted molar refractivity (Wildman–Crippen MR) is 99.3 cm³/mol. The summed E-state index contributed by atoms with van der Waals surface area (Å²) < 4.78 is 10.9. The van der Waals surface area contributed by atoms with Crippen molar-refractivity contribution in [2.45, 2.75) is 71.0 Å². The maximum Gasteiger partial charge on any atom is 0.308 e. The Kier molecular flexibility index (Phi) is 4.53. The second-order valence-corrected chi connectivity index (χ2v) is 8.73. The minimum atomic E-state index is -0.422. The number of esters is 2. The summed E-state index contributed by atoms with van der Waals surface area (Å²) in [6, 6.07) is 5.97. The van der Waals surface area contributed by atoms with Crippen LogP contribution in [0.5, 0.6) is 5.75 Å². The van der Waals surface area contributed by atoms with Crippen LogP contribution in [0.4, 0.5) is 0 Å². The molecule has 3 aliphatic carbocycles. The van der Waals surface area contributed by atoms with Crippen molar-refractivity contribution in [2.75, 3.05) is 0 Å². The highest BCUT2D eigenvalue weighted by Crippen LogP contribution is 2.61. The number of hydrogen-bond donors (Lipinski definition) is 1. The standard InChI is InChI=1S/C22H28O5/c1-12(23)26-15-5-7-16-14(10-15)4-6-18-17(16)8-9-22(3)20(27-13(2)24)11-19(25)21(18)22/h5,7,10,17-21,25H,4,6,8-9,11H2,1-3H3/t17-,18-,19-,20+,21-,22-/m1/s1. The summed E-state index contributed by atoms with van der Waals surface area (Å²) in [6.07, 6.45) is 3.83. The number of hydrogen-bond acceptors (Lipinski definition) is 5. The smallest absolute Gasteiger partial charge is 0.308 e. The summed E-state index contributed by atoms with van der Waals surface area (Å²) in [6.45, 7) is 5.06. The Bertz CT molecular complexity index is 772. The third-order valence-corrected chi connectivity index (χ3v) is 7.17. The summed E-state index contributed by atoms with van der Waals surface area (Å²) in [7, 11) is 0. The van der Waals surface area contributed by atoms with Crippen LogP contribution in [0.15, 0.2) is 18.2 Å². The molecule has 146 valence electrons. The molecule has 6 atom stereocenters. The van der Waals surface area contributed by atoms with Crippen molar-refractivity contribution in [3.8, 4) is 5.75 Å². The van der Waals surface area contributed by atoms with Crippen molar-refractivity contribution in [3.63, 3.8) is 0 Å². The zero-order valence-electron chi connectivity index (χ0n) is 16.2. The summed E-state index contributed by atoms with van der Waals surface area (Å²) in [5, 5.41) is 10.9. The van der Waals surface area contributed by atoms with Gasteiger partial charge in [0.15, 0.2) is 0 Å². The van der Waals surface area contributed by atoms with E-state index in [-0.39, 0.29) is 29.4 Å². The third-order valence-electron chi connectivity index (χ3n) is 7.17. The van der Waals surface area contributed by atoms with Gasteiger partial charge in [0, 0.05) is 25.7 Å². The maximum atomic E-state index is 11.5. The summed E-state index contributed by atoms with van der Waals surface area (Å²) >= 11 is 0. The number of benzene rings is 1. The monoisotopic (exact) mass is 372 g/mol. The first-order chi connectivity index (χ1) is 12.8. The number of fused-ring (bicyclic) bond motifs is 5. The predicted octanol–water partition coefficient (Wildman–Crippen LogP) is 3.37. The Morgan fingerprint density at radius 3 is 2.67 bits per heavy atom. The van der Waals surface area contributed by atoms with Gasteiger partial charge in [0.05, 0.1) is 6.10 Å². The molecule has 4 rings (SSSR count). The van der Waals surface area contributed by atoms with Gasteiger partial charge in [-0.2, -0.15) is 0 Å². The molecule has 0 radical (unpaired) electrons. The van der Waals surface area contributed by atoms with Gasteiger partial charge in [-0.05, 0) is 66.7 Å². The van der Waals surface area contributed by atoms with Gasteiger partial charge in [0.2, 0.25) is 0 Å². The summed E-state index contributed by atoms with van der Waals surface area (Å²) in [5.74, 6) is 0.999. The molecule has 1 aromatic rings. The molecule has 0 spiro atoms. The van der Waals surface area contributed by atoms with Gasteiger partial charge in [-0.15, -0.1) is 0 Å². The molecule has 3 aliphatic rings. The van der Waals surface area contributed by atoms with E-state index in [2.05, 4.69) is 13.0 Å². The number of aliphatic hydroxyl groups is 1. The number of aliphatic hydroxyl groups excluding tert-OH is 1. The maximum absolute atomic E-state index is 11.5. The first-order valence-electron chi connectivity index (χ1n) is 9.96. The van der Waals surface area contributed by atoms with Crippen LogP contribution in [-0.4, -0.2) is 29.3 Å². The van der Waals surface area contributed by atoms with Crippen molar-refractivity contribution in [2.24, 2.45) is 17.3 Å². The molecule has 0 aliphatic heterocycles. The topological polar surface area (TPSA) is 72.8 Å². The van der Waals surface area contributed by atoms with E-state index in [4.69, 9.17) is 9.47 Å². The molecule has 5 nitrogen and oxygen atoms in total. The highest BCUT2D eigenvalue weighted by atomic mass is 16.5. The van der Waals surface area contributed by atoms with Gasteiger partial charge in [0.1, 0.15) is 11.9 Å². The van der Waals surface area contributed by atoms with Gasteiger partial charge < -0.3 is 14.6 Å². The molecule has 0 heterocycles. The van der Waals surface area contributed by atoms with Crippen LogP contribution in [0.25, 0.3) is 0 Å². The van der Waals surface area contributed by atoms with E-state index in [1.54, 1.807) is 0 Å². The van der Waals surface area contributed by atoms with E-state index in [1.165, 1.54) is 25.0 Å². The van der Waals surface area contributed by atoms with Gasteiger partial charge in [0.25, 0.3) is 0 Å². The number of carbonyl (C=O) groups is 2. The average molecular weight is 372 g/mol. The van der Waals surface area contributed by atoms with E-state index >= 15 is 0 Å². The van der Waals surface area contributed by atoms with Gasteiger partial charge in [-0.25, -0.2) is 0 Å². The van der Waals surface area contributed by atoms with Crippen LogP contribution >= 0.6 is 0 Å². The molecule has 0 unspecified atom stereocenters. The molecule has 0 bridgehead atoms. The largest absolute Gasteiger partial charge is 0.462 e. The Hall–Kier alpha value is -1.88. The summed E-state index contributed by atoms with van der Waals surface area (Å²) in [5.41, 5.74) is 2.43. The molecule has 1 N–H and O–H groups in total. The van der Waals surface area contributed by atoms with Crippen molar-refractivity contribution < 1.29 is 24.2 Å². The van der Waals surface area contributed by atoms with Crippen molar-refractivity contribution >= 4 is 11.9 Å². The normalized spacial score (nSPS) is 37.0. The van der Waals surface area contributed by atoms with Crippen molar-refractivity contribution in [1.29, 1.82) is 0 Å². The number of ether oxygens (including phenoxy) is 2. The highest BCUT2D eigenvalue weighted by Gasteiger charge is 2.59. The Balaban J connectivity index is 1.62. The molecule has 0 amide bonds. The fourth-order valence-corrected chi connectivity index (χ4v) is 6.18. The highest BCUT2D eigenvalue weighted by molar-refractivity contribution is 5.69. The lowest BCUT2D eigenvalue weighted by Crippen LogP contribution is -2.47. The third kappa shape index (κ3) is 3.06. The zero-order valence-corrected chi connectivity index (χ0v) is 16.2. The van der Waals surface area contributed by atoms with E-state index in [0.29, 0.717) is 24.0 Å². The molecule has 0 saturated heterocycles. The Morgan fingerprint density at radius 2 is 1.96 bits per heavy atom. The van der Waals surface area contributed by atoms with Gasteiger partial charge in [-0.3, -0.25) is 9.59 Å². The molecule has 27 heavy (non-hydrogen) atoms. The van der Waals surface area contributed by atoms with E-state index in [9.17, 15) is 14.7 Å². The number of carbonyl (C=O) groups excluding carboxylic acids is 2. The molecular formula is C22H28O5. The fraction of sp³-hybridized carbons (Fsp3) is 0.636. The van der Waals surface area contributed by atoms with E-state index < -0.39 is 6.10 Å². The van der Waals surface area contributed by atoms with Crippen LogP contribution in [0.2, 0.25) is 0 Å². The molecule has 2 fully saturated rings. The fourth-order valence-electron chi connectivity index (χ4n) is 6.18. The van der Waals surface area contributed by atoms with E-state index in [0.717, 1.165) is 25.7 Å². The Morgan fingerprint density at radius 1 is 1.19 bits per heavy atom. The first-order valence-corrected chi connectivity index (χ1v) is 9.96. The second-order valence-electron chi connectivity index (χ2n) is 8.73. The van der Waals surface area contributed by atoms with Crippen LogP contribution < -0.4 is 4.74 Å². The quantitative estimate of drug-likeness (QED) is 0.636. The van der Waals surface area contributed by atoms with Crippen LogP contribution in [0.3, 0.4) is 0 Å². The lowest BCUT2D eigenvalue weighted by Gasteiger charge is -2.50. The molecule has 1 aromatic carbocycles.